The predicted molar refractivity (Wildman–Crippen MR) is 80.4 cm³/mol. The summed E-state index contributed by atoms with van der Waals surface area (Å²) in [7, 11) is 1.38. The number of para-hydroxylation sites is 1. The summed E-state index contributed by atoms with van der Waals surface area (Å²) in [5, 5.41) is 7.37. The number of methoxy groups -OCH3 is 1. The molecule has 2 aromatic rings. The smallest absolute Gasteiger partial charge is 0.333 e. The van der Waals surface area contributed by atoms with Crippen LogP contribution in [0.4, 0.5) is 5.69 Å². The maximum Gasteiger partial charge on any atom is 0.333 e. The Morgan fingerprint density at radius 2 is 2.25 bits per heavy atom. The number of aromatic nitrogens is 2. The van der Waals surface area contributed by atoms with Crippen molar-refractivity contribution in [1.29, 1.82) is 0 Å². The largest absolute Gasteiger partial charge is 0.467 e. The summed E-state index contributed by atoms with van der Waals surface area (Å²) in [6.07, 6.45) is 3.51. The highest BCUT2D eigenvalue weighted by molar-refractivity contribution is 9.10. The van der Waals surface area contributed by atoms with Crippen LogP contribution in [0, 0.1) is 0 Å². The van der Waals surface area contributed by atoms with Crippen molar-refractivity contribution in [2.45, 2.75) is 19.5 Å². The first-order chi connectivity index (χ1) is 9.65. The number of hydrogen-bond acceptors (Lipinski definition) is 4. The molecule has 1 aromatic heterocycles. The monoisotopic (exact) mass is 337 g/mol. The van der Waals surface area contributed by atoms with Crippen molar-refractivity contribution in [3.8, 4) is 0 Å². The number of carbonyl (C=O) groups excluding carboxylic acids is 1. The first-order valence-electron chi connectivity index (χ1n) is 6.27. The van der Waals surface area contributed by atoms with Gasteiger partial charge in [-0.3, -0.25) is 4.68 Å². The van der Waals surface area contributed by atoms with E-state index in [1.54, 1.807) is 10.9 Å². The normalized spacial score (nSPS) is 11.9. The lowest BCUT2D eigenvalue weighted by Gasteiger charge is -2.17. The second-order valence-corrected chi connectivity index (χ2v) is 5.06. The zero-order valence-electron chi connectivity index (χ0n) is 11.3. The minimum absolute atomic E-state index is 0.351. The van der Waals surface area contributed by atoms with E-state index < -0.39 is 6.04 Å². The second kappa shape index (κ2) is 6.56. The number of halogens is 1. The number of nitrogens with one attached hydrogen (secondary N) is 1. The van der Waals surface area contributed by atoms with Crippen LogP contribution in [0.5, 0.6) is 0 Å². The fourth-order valence-corrected chi connectivity index (χ4v) is 2.23. The van der Waals surface area contributed by atoms with Gasteiger partial charge in [-0.2, -0.15) is 5.10 Å². The number of hydrogen-bond donors (Lipinski definition) is 1. The number of aryl methyl sites for hydroxylation is 1. The van der Waals surface area contributed by atoms with E-state index in [4.69, 9.17) is 4.74 Å². The van der Waals surface area contributed by atoms with Gasteiger partial charge in [-0.15, -0.1) is 0 Å². The fourth-order valence-electron chi connectivity index (χ4n) is 1.83. The van der Waals surface area contributed by atoms with Crippen molar-refractivity contribution in [2.75, 3.05) is 12.4 Å². The summed E-state index contributed by atoms with van der Waals surface area (Å²) >= 11 is 3.45. The SMILES string of the molecule is CCn1cc(C(Nc2ccccc2Br)C(=O)OC)cn1. The standard InChI is InChI=1S/C14H16BrN3O2/c1-3-18-9-10(8-16-18)13(14(19)20-2)17-12-7-5-4-6-11(12)15/h4-9,13,17H,3H2,1-2H3. The van der Waals surface area contributed by atoms with Gasteiger partial charge in [0.1, 0.15) is 0 Å². The number of esters is 1. The number of rotatable bonds is 5. The van der Waals surface area contributed by atoms with Crippen LogP contribution in [0.2, 0.25) is 0 Å². The highest BCUT2D eigenvalue weighted by Gasteiger charge is 2.23. The Kier molecular flexibility index (Phi) is 4.79. The number of nitrogens with zero attached hydrogens (tertiary/aromatic N) is 2. The van der Waals surface area contributed by atoms with Crippen LogP contribution in [0.25, 0.3) is 0 Å². The van der Waals surface area contributed by atoms with Gasteiger partial charge >= 0.3 is 5.97 Å². The summed E-state index contributed by atoms with van der Waals surface area (Å²) in [5.41, 5.74) is 1.60. The number of benzene rings is 1. The predicted octanol–water partition coefficient (Wildman–Crippen LogP) is 2.99. The van der Waals surface area contributed by atoms with Crippen molar-refractivity contribution in [1.82, 2.24) is 9.78 Å². The van der Waals surface area contributed by atoms with Gasteiger partial charge < -0.3 is 10.1 Å². The molecule has 0 saturated heterocycles. The molecule has 0 aliphatic carbocycles. The molecule has 0 spiro atoms. The summed E-state index contributed by atoms with van der Waals surface area (Å²) in [6, 6.07) is 7.03. The van der Waals surface area contributed by atoms with Crippen molar-refractivity contribution < 1.29 is 9.53 Å². The van der Waals surface area contributed by atoms with E-state index in [1.165, 1.54) is 7.11 Å². The molecule has 0 aliphatic rings. The lowest BCUT2D eigenvalue weighted by atomic mass is 10.1. The maximum absolute atomic E-state index is 12.0. The number of anilines is 1. The third kappa shape index (κ3) is 3.19. The van der Waals surface area contributed by atoms with Crippen LogP contribution in [0.15, 0.2) is 41.1 Å². The molecule has 0 saturated carbocycles. The van der Waals surface area contributed by atoms with E-state index in [2.05, 4.69) is 26.3 Å². The minimum Gasteiger partial charge on any atom is -0.467 e. The van der Waals surface area contributed by atoms with Gasteiger partial charge in [-0.05, 0) is 35.0 Å². The van der Waals surface area contributed by atoms with Crippen LogP contribution in [0.3, 0.4) is 0 Å². The van der Waals surface area contributed by atoms with Gasteiger partial charge in [0.2, 0.25) is 0 Å². The Morgan fingerprint density at radius 1 is 1.50 bits per heavy atom. The first kappa shape index (κ1) is 14.6. The van der Waals surface area contributed by atoms with Crippen molar-refractivity contribution >= 4 is 27.6 Å². The van der Waals surface area contributed by atoms with Gasteiger partial charge in [0, 0.05) is 28.5 Å². The van der Waals surface area contributed by atoms with Crippen molar-refractivity contribution in [3.05, 3.63) is 46.7 Å². The molecule has 2 rings (SSSR count). The molecular formula is C14H16BrN3O2. The average Bonchev–Trinajstić information content (AvgIpc) is 2.94. The van der Waals surface area contributed by atoms with E-state index in [9.17, 15) is 4.79 Å². The third-order valence-electron chi connectivity index (χ3n) is 2.92. The molecule has 0 aliphatic heterocycles. The third-order valence-corrected chi connectivity index (χ3v) is 3.61. The van der Waals surface area contributed by atoms with Crippen molar-refractivity contribution in [2.24, 2.45) is 0 Å². The molecule has 5 nitrogen and oxygen atoms in total. The van der Waals surface area contributed by atoms with Crippen LogP contribution < -0.4 is 5.32 Å². The summed E-state index contributed by atoms with van der Waals surface area (Å²) < 4.78 is 7.52. The van der Waals surface area contributed by atoms with Crippen LogP contribution >= 0.6 is 15.9 Å². The van der Waals surface area contributed by atoms with Crippen LogP contribution in [-0.2, 0) is 16.1 Å². The Bertz CT molecular complexity index is 598. The Balaban J connectivity index is 2.29. The van der Waals surface area contributed by atoms with Crippen molar-refractivity contribution in [3.63, 3.8) is 0 Å². The van der Waals surface area contributed by atoms with E-state index in [0.717, 1.165) is 22.3 Å². The molecular weight excluding hydrogens is 322 g/mol. The molecule has 106 valence electrons. The molecule has 0 radical (unpaired) electrons. The Hall–Kier alpha value is -1.82. The number of carbonyl (C=O) groups is 1. The molecule has 1 unspecified atom stereocenters. The van der Waals surface area contributed by atoms with Gasteiger partial charge in [0.25, 0.3) is 0 Å². The molecule has 20 heavy (non-hydrogen) atoms. The summed E-state index contributed by atoms with van der Waals surface area (Å²) in [6.45, 7) is 2.74. The molecule has 1 N–H and O–H groups in total. The van der Waals surface area contributed by atoms with Crippen LogP contribution in [-0.4, -0.2) is 22.9 Å². The highest BCUT2D eigenvalue weighted by atomic mass is 79.9. The molecule has 1 heterocycles. The van der Waals surface area contributed by atoms with E-state index in [-0.39, 0.29) is 5.97 Å². The zero-order valence-corrected chi connectivity index (χ0v) is 12.9. The molecule has 1 aromatic carbocycles. The first-order valence-corrected chi connectivity index (χ1v) is 7.06. The number of ether oxygens (including phenoxy) is 1. The maximum atomic E-state index is 12.0. The summed E-state index contributed by atoms with van der Waals surface area (Å²) in [5.74, 6) is -0.351. The lowest BCUT2D eigenvalue weighted by molar-refractivity contribution is -0.141. The zero-order chi connectivity index (χ0) is 14.5. The molecule has 0 fully saturated rings. The molecule has 0 amide bonds. The quantitative estimate of drug-likeness (QED) is 0.852. The van der Waals surface area contributed by atoms with Gasteiger partial charge in [0.15, 0.2) is 6.04 Å². The lowest BCUT2D eigenvalue weighted by Crippen LogP contribution is -2.22. The van der Waals surface area contributed by atoms with Crippen LogP contribution in [0.1, 0.15) is 18.5 Å². The molecule has 0 bridgehead atoms. The molecule has 1 atom stereocenters. The minimum atomic E-state index is -0.584. The van der Waals surface area contributed by atoms with E-state index >= 15 is 0 Å². The fraction of sp³-hybridized carbons (Fsp3) is 0.286. The Morgan fingerprint density at radius 3 is 2.85 bits per heavy atom. The Labute approximate surface area is 126 Å². The highest BCUT2D eigenvalue weighted by Crippen LogP contribution is 2.26. The van der Waals surface area contributed by atoms with E-state index in [1.807, 2.05) is 37.4 Å². The molecule has 6 heteroatoms. The van der Waals surface area contributed by atoms with Gasteiger partial charge in [0.05, 0.1) is 13.3 Å². The van der Waals surface area contributed by atoms with Gasteiger partial charge in [-0.1, -0.05) is 12.1 Å². The topological polar surface area (TPSA) is 56.2 Å². The van der Waals surface area contributed by atoms with Gasteiger partial charge in [-0.25, -0.2) is 4.79 Å². The second-order valence-electron chi connectivity index (χ2n) is 4.21. The average molecular weight is 338 g/mol. The summed E-state index contributed by atoms with van der Waals surface area (Å²) in [4.78, 5) is 12.0. The van der Waals surface area contributed by atoms with E-state index in [0.29, 0.717) is 0 Å².